The summed E-state index contributed by atoms with van der Waals surface area (Å²) in [6.07, 6.45) is 2.29. The molecule has 6 nitrogen and oxygen atoms in total. The van der Waals surface area contributed by atoms with E-state index >= 15 is 0 Å². The van der Waals surface area contributed by atoms with Crippen LogP contribution in [0.5, 0.6) is 0 Å². The van der Waals surface area contributed by atoms with Gasteiger partial charge in [-0.3, -0.25) is 10.2 Å². The summed E-state index contributed by atoms with van der Waals surface area (Å²) in [6.45, 7) is 2.82. The molecular formula is C9H17N3O3. The second-order valence-corrected chi connectivity index (χ2v) is 3.34. The molecule has 1 heterocycles. The van der Waals surface area contributed by atoms with Gasteiger partial charge in [-0.2, -0.15) is 0 Å². The Hall–Kier alpha value is -1.30. The molecule has 1 aliphatic rings. The molecule has 0 aliphatic carbocycles. The number of carbonyl (C=O) groups excluding carboxylic acids is 2. The predicted octanol–water partition coefficient (Wildman–Crippen LogP) is -0.0942. The van der Waals surface area contributed by atoms with E-state index < -0.39 is 6.09 Å². The molecule has 3 N–H and O–H groups in total. The molecule has 0 saturated carbocycles. The lowest BCUT2D eigenvalue weighted by Gasteiger charge is -2.22. The summed E-state index contributed by atoms with van der Waals surface area (Å²) in [4.78, 5) is 22.3. The van der Waals surface area contributed by atoms with Crippen LogP contribution in [0.3, 0.4) is 0 Å². The summed E-state index contributed by atoms with van der Waals surface area (Å²) in [7, 11) is 0. The molecule has 0 aromatic rings. The zero-order valence-electron chi connectivity index (χ0n) is 8.84. The van der Waals surface area contributed by atoms with Crippen molar-refractivity contribution in [1.29, 1.82) is 0 Å². The first kappa shape index (κ1) is 11.8. The molecular weight excluding hydrogens is 198 g/mol. The van der Waals surface area contributed by atoms with E-state index in [2.05, 4.69) is 20.9 Å². The molecule has 0 radical (unpaired) electrons. The number of carbonyl (C=O) groups is 2. The average molecular weight is 215 g/mol. The number of piperidine rings is 1. The van der Waals surface area contributed by atoms with Crippen LogP contribution >= 0.6 is 0 Å². The Morgan fingerprint density at radius 2 is 2.20 bits per heavy atom. The number of hydrogen-bond donors (Lipinski definition) is 3. The first-order valence-electron chi connectivity index (χ1n) is 5.20. The minimum Gasteiger partial charge on any atom is -0.449 e. The molecule has 86 valence electrons. The van der Waals surface area contributed by atoms with Gasteiger partial charge in [0.05, 0.1) is 12.6 Å². The highest BCUT2D eigenvalue weighted by molar-refractivity contribution is 5.83. The minimum atomic E-state index is -0.637. The summed E-state index contributed by atoms with van der Waals surface area (Å²) >= 11 is 0. The van der Waals surface area contributed by atoms with Gasteiger partial charge in [-0.25, -0.2) is 10.2 Å². The Morgan fingerprint density at radius 1 is 1.40 bits per heavy atom. The van der Waals surface area contributed by atoms with Crippen molar-refractivity contribution in [1.82, 2.24) is 16.2 Å². The summed E-state index contributed by atoms with van der Waals surface area (Å²) in [6, 6.07) is -0.208. The fraction of sp³-hybridized carbons (Fsp3) is 0.778. The Morgan fingerprint density at radius 3 is 2.80 bits per heavy atom. The molecule has 1 unspecified atom stereocenters. The summed E-state index contributed by atoms with van der Waals surface area (Å²) in [5.41, 5.74) is 4.49. The van der Waals surface area contributed by atoms with Crippen LogP contribution in [0.1, 0.15) is 26.2 Å². The Labute approximate surface area is 88.7 Å². The van der Waals surface area contributed by atoms with Gasteiger partial charge in [0.2, 0.25) is 0 Å². The van der Waals surface area contributed by atoms with Crippen LogP contribution in [0, 0.1) is 0 Å². The first-order valence-corrected chi connectivity index (χ1v) is 5.20. The van der Waals surface area contributed by atoms with Crippen molar-refractivity contribution in [2.75, 3.05) is 13.2 Å². The van der Waals surface area contributed by atoms with Gasteiger partial charge in [0.25, 0.3) is 5.91 Å². The number of hydrazine groups is 1. The van der Waals surface area contributed by atoms with E-state index in [1.165, 1.54) is 0 Å². The zero-order chi connectivity index (χ0) is 11.1. The predicted molar refractivity (Wildman–Crippen MR) is 53.9 cm³/mol. The molecule has 0 aromatic carbocycles. The quantitative estimate of drug-likeness (QED) is 0.562. The second kappa shape index (κ2) is 6.23. The van der Waals surface area contributed by atoms with Crippen LogP contribution in [-0.2, 0) is 9.53 Å². The molecule has 6 heteroatoms. The standard InChI is InChI=1S/C9H17N3O3/c1-2-15-9(14)12-11-8(13)7-5-3-4-6-10-7/h7,10H,2-6H2,1H3,(H,11,13)(H,12,14). The van der Waals surface area contributed by atoms with Crippen molar-refractivity contribution in [3.63, 3.8) is 0 Å². The summed E-state index contributed by atoms with van der Waals surface area (Å²) in [5, 5.41) is 3.07. The molecule has 2 amide bonds. The molecule has 1 rings (SSSR count). The van der Waals surface area contributed by atoms with Crippen molar-refractivity contribution >= 4 is 12.0 Å². The van der Waals surface area contributed by atoms with Crippen LogP contribution in [0.25, 0.3) is 0 Å². The van der Waals surface area contributed by atoms with E-state index in [1.807, 2.05) is 0 Å². The van der Waals surface area contributed by atoms with Crippen molar-refractivity contribution < 1.29 is 14.3 Å². The molecule has 1 fully saturated rings. The lowest BCUT2D eigenvalue weighted by Crippen LogP contribution is -2.52. The lowest BCUT2D eigenvalue weighted by atomic mass is 10.0. The molecule has 1 atom stereocenters. The Balaban J connectivity index is 2.19. The minimum absolute atomic E-state index is 0.208. The fourth-order valence-electron chi connectivity index (χ4n) is 1.44. The van der Waals surface area contributed by atoms with Gasteiger partial charge < -0.3 is 10.1 Å². The third-order valence-electron chi connectivity index (χ3n) is 2.19. The number of hydrogen-bond acceptors (Lipinski definition) is 4. The van der Waals surface area contributed by atoms with Gasteiger partial charge in [0.1, 0.15) is 0 Å². The van der Waals surface area contributed by atoms with Crippen LogP contribution in [0.15, 0.2) is 0 Å². The van der Waals surface area contributed by atoms with Gasteiger partial charge in [-0.05, 0) is 26.3 Å². The van der Waals surface area contributed by atoms with E-state index in [4.69, 9.17) is 0 Å². The molecule has 0 spiro atoms. The number of ether oxygens (including phenoxy) is 1. The van der Waals surface area contributed by atoms with Gasteiger partial charge in [0, 0.05) is 0 Å². The van der Waals surface area contributed by atoms with Crippen molar-refractivity contribution in [3.05, 3.63) is 0 Å². The number of nitrogens with one attached hydrogen (secondary N) is 3. The lowest BCUT2D eigenvalue weighted by molar-refractivity contribution is -0.124. The highest BCUT2D eigenvalue weighted by Gasteiger charge is 2.20. The maximum Gasteiger partial charge on any atom is 0.426 e. The largest absolute Gasteiger partial charge is 0.449 e. The molecule has 0 bridgehead atoms. The number of amides is 2. The highest BCUT2D eigenvalue weighted by atomic mass is 16.5. The maximum atomic E-state index is 11.5. The smallest absolute Gasteiger partial charge is 0.426 e. The fourth-order valence-corrected chi connectivity index (χ4v) is 1.44. The highest BCUT2D eigenvalue weighted by Crippen LogP contribution is 2.06. The third kappa shape index (κ3) is 4.16. The van der Waals surface area contributed by atoms with E-state index in [0.29, 0.717) is 0 Å². The average Bonchev–Trinajstić information content (AvgIpc) is 2.27. The van der Waals surface area contributed by atoms with Crippen LogP contribution in [0.2, 0.25) is 0 Å². The normalized spacial score (nSPS) is 20.5. The monoisotopic (exact) mass is 215 g/mol. The summed E-state index contributed by atoms with van der Waals surface area (Å²) in [5.74, 6) is -0.220. The van der Waals surface area contributed by atoms with Crippen molar-refractivity contribution in [3.8, 4) is 0 Å². The Kier molecular flexibility index (Phi) is 4.89. The zero-order valence-corrected chi connectivity index (χ0v) is 8.84. The van der Waals surface area contributed by atoms with E-state index in [9.17, 15) is 9.59 Å². The maximum absolute atomic E-state index is 11.5. The molecule has 1 aliphatic heterocycles. The van der Waals surface area contributed by atoms with Crippen molar-refractivity contribution in [2.45, 2.75) is 32.2 Å². The van der Waals surface area contributed by atoms with E-state index in [0.717, 1.165) is 25.8 Å². The molecule has 1 saturated heterocycles. The van der Waals surface area contributed by atoms with E-state index in [-0.39, 0.29) is 18.6 Å². The topological polar surface area (TPSA) is 79.5 Å². The van der Waals surface area contributed by atoms with Gasteiger partial charge in [0.15, 0.2) is 0 Å². The van der Waals surface area contributed by atoms with Crippen LogP contribution in [0.4, 0.5) is 4.79 Å². The SMILES string of the molecule is CCOC(=O)NNC(=O)C1CCCCN1. The second-order valence-electron chi connectivity index (χ2n) is 3.34. The Bertz CT molecular complexity index is 227. The van der Waals surface area contributed by atoms with Crippen LogP contribution in [-0.4, -0.2) is 31.2 Å². The van der Waals surface area contributed by atoms with Gasteiger partial charge >= 0.3 is 6.09 Å². The molecule has 0 aromatic heterocycles. The first-order chi connectivity index (χ1) is 7.24. The van der Waals surface area contributed by atoms with Gasteiger partial charge in [-0.1, -0.05) is 6.42 Å². The summed E-state index contributed by atoms with van der Waals surface area (Å²) < 4.78 is 4.59. The van der Waals surface area contributed by atoms with Gasteiger partial charge in [-0.15, -0.1) is 0 Å². The van der Waals surface area contributed by atoms with E-state index in [1.54, 1.807) is 6.92 Å². The number of rotatable bonds is 2. The third-order valence-corrected chi connectivity index (χ3v) is 2.19. The van der Waals surface area contributed by atoms with Crippen molar-refractivity contribution in [2.24, 2.45) is 0 Å². The van der Waals surface area contributed by atoms with Crippen LogP contribution < -0.4 is 16.2 Å². The molecule has 15 heavy (non-hydrogen) atoms.